The number of carbonyl (C=O) groups is 2. The first-order valence-electron chi connectivity index (χ1n) is 10.4. The topological polar surface area (TPSA) is 127 Å². The van der Waals surface area contributed by atoms with E-state index >= 15 is 0 Å². The number of amides is 3. The fourth-order valence-corrected chi connectivity index (χ4v) is 4.18. The normalized spacial score (nSPS) is 26.5. The summed E-state index contributed by atoms with van der Waals surface area (Å²) in [5, 5.41) is 23.3. The Morgan fingerprint density at radius 1 is 1.31 bits per heavy atom. The van der Waals surface area contributed by atoms with E-state index < -0.39 is 24.3 Å². The zero-order chi connectivity index (χ0) is 22.7. The van der Waals surface area contributed by atoms with Gasteiger partial charge in [-0.1, -0.05) is 17.7 Å². The lowest BCUT2D eigenvalue weighted by Crippen LogP contribution is -2.42. The van der Waals surface area contributed by atoms with Crippen LogP contribution in [0.15, 0.2) is 36.7 Å². The van der Waals surface area contributed by atoms with Gasteiger partial charge in [0, 0.05) is 49.0 Å². The van der Waals surface area contributed by atoms with E-state index in [0.717, 1.165) is 5.56 Å². The van der Waals surface area contributed by atoms with Crippen LogP contribution in [0, 0.1) is 0 Å². The van der Waals surface area contributed by atoms with Crippen molar-refractivity contribution in [2.75, 3.05) is 11.9 Å². The van der Waals surface area contributed by atoms with Gasteiger partial charge in [-0.15, -0.1) is 0 Å². The molecule has 0 spiro atoms. The van der Waals surface area contributed by atoms with Gasteiger partial charge in [0.05, 0.1) is 24.8 Å². The Balaban J connectivity index is 1.18. The Hall–Kier alpha value is -2.66. The Labute approximate surface area is 190 Å². The van der Waals surface area contributed by atoms with Gasteiger partial charge in [0.2, 0.25) is 5.91 Å². The van der Waals surface area contributed by atoms with Gasteiger partial charge in [0.25, 0.3) is 0 Å². The molecule has 4 N–H and O–H groups in total. The molecule has 172 valence electrons. The maximum absolute atomic E-state index is 12.2. The van der Waals surface area contributed by atoms with E-state index in [9.17, 15) is 14.7 Å². The number of aryl methyl sites for hydroxylation is 1. The minimum atomic E-state index is -0.894. The molecule has 1 aromatic carbocycles. The van der Waals surface area contributed by atoms with Crippen molar-refractivity contribution in [3.05, 3.63) is 47.2 Å². The first-order valence-corrected chi connectivity index (χ1v) is 10.8. The van der Waals surface area contributed by atoms with Crippen molar-refractivity contribution in [2.24, 2.45) is 7.05 Å². The molecule has 3 heterocycles. The summed E-state index contributed by atoms with van der Waals surface area (Å²) in [5.74, 6) is -0.135. The zero-order valence-corrected chi connectivity index (χ0v) is 18.3. The Morgan fingerprint density at radius 2 is 2.16 bits per heavy atom. The SMILES string of the molecule is Cn1cc(CNC(=O)C[C@@H]2C[C@H]3O[C@H](CNC(=O)Nc4cccc(Cl)c4)[C@@H](O)[C@H]3O2)cn1. The third-order valence-electron chi connectivity index (χ3n) is 5.49. The molecule has 2 aliphatic rings. The first kappa shape index (κ1) is 22.5. The predicted octanol–water partition coefficient (Wildman–Crippen LogP) is 1.19. The van der Waals surface area contributed by atoms with Crippen molar-refractivity contribution in [3.8, 4) is 0 Å². The fraction of sp³-hybridized carbons (Fsp3) is 0.476. The standard InChI is InChI=1S/C21H26ClN5O5/c1-27-11-12(9-25-27)8-23-18(28)7-15-6-16-20(31-15)19(29)17(32-16)10-24-21(30)26-14-4-2-3-13(22)5-14/h2-5,9,11,15-17,19-20,29H,6-8,10H2,1H3,(H,23,28)(H2,24,26,30)/t15-,16+,17+,19+,20-/m0/s1. The van der Waals surface area contributed by atoms with Crippen LogP contribution in [0.3, 0.4) is 0 Å². The summed E-state index contributed by atoms with van der Waals surface area (Å²) >= 11 is 5.91. The predicted molar refractivity (Wildman–Crippen MR) is 116 cm³/mol. The van der Waals surface area contributed by atoms with Crippen LogP contribution in [0.2, 0.25) is 5.02 Å². The van der Waals surface area contributed by atoms with Crippen LogP contribution in [-0.4, -0.2) is 63.9 Å². The monoisotopic (exact) mass is 463 g/mol. The molecule has 10 nitrogen and oxygen atoms in total. The van der Waals surface area contributed by atoms with Crippen LogP contribution in [0.25, 0.3) is 0 Å². The number of nitrogens with one attached hydrogen (secondary N) is 3. The van der Waals surface area contributed by atoms with Gasteiger partial charge >= 0.3 is 6.03 Å². The van der Waals surface area contributed by atoms with Gasteiger partial charge in [0.1, 0.15) is 18.3 Å². The minimum Gasteiger partial charge on any atom is -0.388 e. The third kappa shape index (κ3) is 5.57. The molecule has 2 fully saturated rings. The highest BCUT2D eigenvalue weighted by Gasteiger charge is 2.50. The lowest BCUT2D eigenvalue weighted by atomic mass is 10.1. The summed E-state index contributed by atoms with van der Waals surface area (Å²) in [6.07, 6.45) is 1.59. The molecular weight excluding hydrogens is 438 g/mol. The number of ether oxygens (including phenoxy) is 2. The number of nitrogens with zero attached hydrogens (tertiary/aromatic N) is 2. The minimum absolute atomic E-state index is 0.125. The second-order valence-electron chi connectivity index (χ2n) is 8.01. The number of aliphatic hydroxyl groups is 1. The number of carbonyl (C=O) groups excluding carboxylic acids is 2. The average Bonchev–Trinajstić information content (AvgIpc) is 3.41. The van der Waals surface area contributed by atoms with Crippen LogP contribution in [0.1, 0.15) is 18.4 Å². The van der Waals surface area contributed by atoms with Crippen molar-refractivity contribution < 1.29 is 24.2 Å². The van der Waals surface area contributed by atoms with Crippen LogP contribution in [-0.2, 0) is 27.9 Å². The number of fused-ring (bicyclic) bond motifs is 1. The van der Waals surface area contributed by atoms with Crippen molar-refractivity contribution in [2.45, 2.75) is 49.9 Å². The van der Waals surface area contributed by atoms with Crippen molar-refractivity contribution in [1.82, 2.24) is 20.4 Å². The third-order valence-corrected chi connectivity index (χ3v) is 5.72. The largest absolute Gasteiger partial charge is 0.388 e. The first-order chi connectivity index (χ1) is 15.4. The second-order valence-corrected chi connectivity index (χ2v) is 8.45. The van der Waals surface area contributed by atoms with Crippen molar-refractivity contribution in [1.29, 1.82) is 0 Å². The summed E-state index contributed by atoms with van der Waals surface area (Å²) < 4.78 is 13.4. The molecule has 0 bridgehead atoms. The molecule has 1 aromatic heterocycles. The maximum Gasteiger partial charge on any atom is 0.319 e. The lowest BCUT2D eigenvalue weighted by Gasteiger charge is -2.20. The van der Waals surface area contributed by atoms with E-state index in [0.29, 0.717) is 23.7 Å². The number of aromatic nitrogens is 2. The lowest BCUT2D eigenvalue weighted by molar-refractivity contribution is -0.124. The van der Waals surface area contributed by atoms with Gasteiger partial charge in [0.15, 0.2) is 0 Å². The molecule has 2 saturated heterocycles. The summed E-state index contributed by atoms with van der Waals surface area (Å²) in [5.41, 5.74) is 1.48. The van der Waals surface area contributed by atoms with Crippen LogP contribution >= 0.6 is 11.6 Å². The number of hydrogen-bond acceptors (Lipinski definition) is 6. The molecule has 0 unspecified atom stereocenters. The number of anilines is 1. The summed E-state index contributed by atoms with van der Waals surface area (Å²) in [7, 11) is 1.82. The van der Waals surface area contributed by atoms with Gasteiger partial charge in [-0.25, -0.2) is 4.79 Å². The van der Waals surface area contributed by atoms with Gasteiger partial charge < -0.3 is 30.5 Å². The molecule has 11 heteroatoms. The Kier molecular flexibility index (Phi) is 6.95. The van der Waals surface area contributed by atoms with E-state index in [4.69, 9.17) is 21.1 Å². The molecule has 5 atom stereocenters. The van der Waals surface area contributed by atoms with Gasteiger partial charge in [-0.05, 0) is 18.2 Å². The smallest absolute Gasteiger partial charge is 0.319 e. The average molecular weight is 464 g/mol. The highest BCUT2D eigenvalue weighted by atomic mass is 35.5. The summed E-state index contributed by atoms with van der Waals surface area (Å²) in [4.78, 5) is 24.3. The van der Waals surface area contributed by atoms with Gasteiger partial charge in [-0.2, -0.15) is 5.10 Å². The molecule has 32 heavy (non-hydrogen) atoms. The van der Waals surface area contributed by atoms with Crippen molar-refractivity contribution >= 4 is 29.2 Å². The highest BCUT2D eigenvalue weighted by Crippen LogP contribution is 2.35. The van der Waals surface area contributed by atoms with Gasteiger partial charge in [-0.3, -0.25) is 9.48 Å². The molecule has 0 saturated carbocycles. The zero-order valence-electron chi connectivity index (χ0n) is 17.5. The molecule has 2 aromatic rings. The van der Waals surface area contributed by atoms with E-state index in [1.165, 1.54) is 0 Å². The summed E-state index contributed by atoms with van der Waals surface area (Å²) in [6.45, 7) is 0.524. The molecular formula is C21H26ClN5O5. The molecule has 0 radical (unpaired) electrons. The maximum atomic E-state index is 12.2. The fourth-order valence-electron chi connectivity index (χ4n) is 3.99. The second kappa shape index (κ2) is 9.86. The van der Waals surface area contributed by atoms with E-state index in [-0.39, 0.29) is 31.1 Å². The summed E-state index contributed by atoms with van der Waals surface area (Å²) in [6, 6.07) is 6.37. The molecule has 0 aliphatic carbocycles. The quantitative estimate of drug-likeness (QED) is 0.488. The van der Waals surface area contributed by atoms with Crippen LogP contribution in [0.5, 0.6) is 0 Å². The van der Waals surface area contributed by atoms with E-state index in [1.54, 1.807) is 35.1 Å². The van der Waals surface area contributed by atoms with Crippen LogP contribution in [0.4, 0.5) is 10.5 Å². The number of hydrogen-bond donors (Lipinski definition) is 4. The number of rotatable bonds is 7. The van der Waals surface area contributed by atoms with Crippen LogP contribution < -0.4 is 16.0 Å². The highest BCUT2D eigenvalue weighted by molar-refractivity contribution is 6.30. The number of urea groups is 1. The Morgan fingerprint density at radius 3 is 2.88 bits per heavy atom. The molecule has 3 amide bonds. The molecule has 4 rings (SSSR count). The van der Waals surface area contributed by atoms with Crippen molar-refractivity contribution in [3.63, 3.8) is 0 Å². The number of benzene rings is 1. The van der Waals surface area contributed by atoms with E-state index in [1.807, 2.05) is 13.2 Å². The Bertz CT molecular complexity index is 970. The van der Waals surface area contributed by atoms with E-state index in [2.05, 4.69) is 21.0 Å². The molecule has 2 aliphatic heterocycles. The number of halogens is 1. The number of aliphatic hydroxyl groups excluding tert-OH is 1.